The van der Waals surface area contributed by atoms with Gasteiger partial charge in [-0.1, -0.05) is 188 Å². The van der Waals surface area contributed by atoms with Crippen LogP contribution in [0.3, 0.4) is 0 Å². The number of carbonyl (C=O) groups is 2. The average molecular weight is 880 g/mol. The van der Waals surface area contributed by atoms with Gasteiger partial charge in [0.1, 0.15) is 17.7 Å². The minimum atomic E-state index is -0.428. The minimum absolute atomic E-state index is 0.250. The fourth-order valence-electron chi connectivity index (χ4n) is 8.16. The molecule has 10 heteroatoms. The number of anilines is 2. The van der Waals surface area contributed by atoms with Crippen molar-refractivity contribution in [3.8, 4) is 0 Å². The van der Waals surface area contributed by atoms with E-state index in [9.17, 15) is 14.4 Å². The molecule has 62 heavy (non-hydrogen) atoms. The molecule has 1 atom stereocenters. The maximum Gasteiger partial charge on any atom is 0.290 e. The summed E-state index contributed by atoms with van der Waals surface area (Å²) in [5, 5.41) is 12.8. The van der Waals surface area contributed by atoms with E-state index in [-0.39, 0.29) is 6.47 Å². The normalized spacial score (nSPS) is 11.6. The topological polar surface area (TPSA) is 134 Å². The monoisotopic (exact) mass is 880 g/mol. The summed E-state index contributed by atoms with van der Waals surface area (Å²) in [6.45, 7) is 14.0. The Kier molecular flexibility index (Phi) is 49.5. The van der Waals surface area contributed by atoms with E-state index in [2.05, 4.69) is 43.2 Å². The van der Waals surface area contributed by atoms with E-state index in [1.165, 1.54) is 180 Å². The number of ether oxygens (including phenoxy) is 2. The van der Waals surface area contributed by atoms with Crippen molar-refractivity contribution in [1.82, 2.24) is 4.90 Å². The molecule has 0 aliphatic carbocycles. The van der Waals surface area contributed by atoms with Crippen molar-refractivity contribution in [3.63, 3.8) is 0 Å². The highest BCUT2D eigenvalue weighted by atomic mass is 16.5. The first kappa shape index (κ1) is 61.8. The van der Waals surface area contributed by atoms with Crippen molar-refractivity contribution in [2.45, 2.75) is 239 Å². The summed E-state index contributed by atoms with van der Waals surface area (Å²) in [4.78, 5) is 44.6. The molecule has 0 heterocycles. The lowest BCUT2D eigenvalue weighted by Gasteiger charge is -2.23. The second kappa shape index (κ2) is 49.7. The van der Waals surface area contributed by atoms with Gasteiger partial charge >= 0.3 is 0 Å². The van der Waals surface area contributed by atoms with Crippen LogP contribution >= 0.6 is 0 Å². The lowest BCUT2D eigenvalue weighted by atomic mass is 9.92. The maximum absolute atomic E-state index is 11.8. The van der Waals surface area contributed by atoms with Crippen LogP contribution in [-0.2, 0) is 19.1 Å². The number of hydrogen-bond acceptors (Lipinski definition) is 9. The van der Waals surface area contributed by atoms with Gasteiger partial charge in [0.05, 0.1) is 6.10 Å². The highest BCUT2D eigenvalue weighted by Crippen LogP contribution is 2.22. The third kappa shape index (κ3) is 38.2. The second-order valence-corrected chi connectivity index (χ2v) is 17.5. The Morgan fingerprint density at radius 3 is 1.45 bits per heavy atom. The van der Waals surface area contributed by atoms with Gasteiger partial charge in [-0.3, -0.25) is 14.4 Å². The van der Waals surface area contributed by atoms with Gasteiger partial charge in [0, 0.05) is 46.9 Å². The highest BCUT2D eigenvalue weighted by Gasteiger charge is 2.19. The molecule has 0 saturated carbocycles. The molecule has 3 N–H and O–H groups in total. The first-order valence-electron chi connectivity index (χ1n) is 25.9. The molecule has 0 aromatic heterocycles. The van der Waals surface area contributed by atoms with Gasteiger partial charge in [0.25, 0.3) is 17.3 Å². The van der Waals surface area contributed by atoms with E-state index in [1.807, 2.05) is 7.11 Å². The number of aldehydes is 1. The van der Waals surface area contributed by atoms with Crippen LogP contribution in [0.5, 0.6) is 0 Å². The molecule has 0 fully saturated rings. The fourth-order valence-corrected chi connectivity index (χ4v) is 8.16. The van der Waals surface area contributed by atoms with Gasteiger partial charge in [-0.15, -0.1) is 0 Å². The average Bonchev–Trinajstić information content (AvgIpc) is 3.28. The van der Waals surface area contributed by atoms with Gasteiger partial charge in [0.2, 0.25) is 0 Å². The molecule has 1 rings (SSSR count). The SMILES string of the molecule is CCCCCCCCC(CC)CCCCCCCN(CCCNc1c(NC)c(=O)c1=O)CCCOCCCC=O.CCCCCCCCC(CCCCCCCC)OC.O=CO. The molecule has 10 nitrogen and oxygen atoms in total. The number of nitrogens with one attached hydrogen (secondary N) is 2. The summed E-state index contributed by atoms with van der Waals surface area (Å²) in [5.41, 5.74) is -0.00954. The van der Waals surface area contributed by atoms with Crippen LogP contribution in [0.4, 0.5) is 11.4 Å². The first-order valence-corrected chi connectivity index (χ1v) is 25.9. The van der Waals surface area contributed by atoms with Crippen molar-refractivity contribution in [3.05, 3.63) is 20.4 Å². The van der Waals surface area contributed by atoms with E-state index < -0.39 is 10.9 Å². The molecule has 1 unspecified atom stereocenters. The summed E-state index contributed by atoms with van der Waals surface area (Å²) < 4.78 is 11.3. The molecule has 0 aliphatic heterocycles. The predicted octanol–water partition coefficient (Wildman–Crippen LogP) is 13.1. The number of unbranched alkanes of at least 4 members (excludes halogenated alkanes) is 20. The summed E-state index contributed by atoms with van der Waals surface area (Å²) in [6.07, 6.45) is 43.1. The van der Waals surface area contributed by atoms with Crippen LogP contribution in [0.2, 0.25) is 0 Å². The third-order valence-corrected chi connectivity index (χ3v) is 12.2. The summed E-state index contributed by atoms with van der Waals surface area (Å²) in [7, 11) is 3.56. The Morgan fingerprint density at radius 1 is 0.565 bits per heavy atom. The Bertz CT molecular complexity index is 1130. The number of carbonyl (C=O) groups excluding carboxylic acids is 1. The Balaban J connectivity index is 0. The summed E-state index contributed by atoms with van der Waals surface area (Å²) >= 11 is 0. The predicted molar refractivity (Wildman–Crippen MR) is 266 cm³/mol. The van der Waals surface area contributed by atoms with E-state index >= 15 is 0 Å². The summed E-state index contributed by atoms with van der Waals surface area (Å²) in [6, 6.07) is 0. The zero-order valence-electron chi connectivity index (χ0n) is 41.5. The molecule has 0 radical (unpaired) electrons. The molecule has 1 aromatic rings. The lowest BCUT2D eigenvalue weighted by molar-refractivity contribution is -0.122. The van der Waals surface area contributed by atoms with E-state index in [0.29, 0.717) is 37.1 Å². The molecule has 366 valence electrons. The van der Waals surface area contributed by atoms with Crippen LogP contribution in [0.25, 0.3) is 0 Å². The first-order chi connectivity index (χ1) is 30.3. The number of methoxy groups -OCH3 is 1. The van der Waals surface area contributed by atoms with Gasteiger partial charge in [-0.05, 0) is 57.5 Å². The Labute approximate surface area is 381 Å². The van der Waals surface area contributed by atoms with Gasteiger partial charge in [-0.2, -0.15) is 0 Å². The zero-order valence-corrected chi connectivity index (χ0v) is 41.5. The molecular weight excluding hydrogens is 779 g/mol. The molecular formula is C52H101N3O7. The van der Waals surface area contributed by atoms with Gasteiger partial charge in [-0.25, -0.2) is 0 Å². The van der Waals surface area contributed by atoms with Crippen LogP contribution in [0.1, 0.15) is 233 Å². The van der Waals surface area contributed by atoms with Crippen molar-refractivity contribution in [1.29, 1.82) is 0 Å². The van der Waals surface area contributed by atoms with Crippen molar-refractivity contribution >= 4 is 24.1 Å². The van der Waals surface area contributed by atoms with E-state index in [4.69, 9.17) is 19.4 Å². The standard InChI is InChI=1S/C33H61N3O4.C18H38O.CH2O2/c1-4-6-7-8-10-13-20-29(5-2)21-14-11-9-12-15-23-36(25-19-28-40-27-17-16-26-37)24-18-22-35-31-30(34-3)32(38)33(31)39;1-4-6-8-10-12-14-16-18(19-3)17-15-13-11-9-7-5-2;2-1-3/h26,29,34-35H,4-25,27-28H2,1-3H3;18H,4-17H2,1-3H3;1H,(H,2,3). The second-order valence-electron chi connectivity index (χ2n) is 17.5. The molecule has 0 amide bonds. The highest BCUT2D eigenvalue weighted by molar-refractivity contribution is 5.73. The van der Waals surface area contributed by atoms with Crippen LogP contribution in [-0.4, -0.2) is 82.4 Å². The van der Waals surface area contributed by atoms with Crippen molar-refractivity contribution < 1.29 is 24.2 Å². The quantitative estimate of drug-likeness (QED) is 0.0330. The van der Waals surface area contributed by atoms with E-state index in [1.54, 1.807) is 7.05 Å². The van der Waals surface area contributed by atoms with Gasteiger partial charge < -0.3 is 34.9 Å². The lowest BCUT2D eigenvalue weighted by Crippen LogP contribution is -2.37. The molecule has 0 saturated heterocycles. The summed E-state index contributed by atoms with van der Waals surface area (Å²) in [5.74, 6) is 0.921. The molecule has 0 bridgehead atoms. The zero-order chi connectivity index (χ0) is 46.2. The van der Waals surface area contributed by atoms with Crippen LogP contribution in [0, 0.1) is 5.92 Å². The third-order valence-electron chi connectivity index (χ3n) is 12.2. The number of rotatable bonds is 45. The smallest absolute Gasteiger partial charge is 0.290 e. The molecule has 1 aromatic carbocycles. The van der Waals surface area contributed by atoms with Crippen LogP contribution in [0.15, 0.2) is 9.59 Å². The largest absolute Gasteiger partial charge is 0.483 e. The number of carboxylic acid groups (broad SMARTS) is 1. The van der Waals surface area contributed by atoms with Crippen molar-refractivity contribution in [2.75, 3.05) is 64.2 Å². The molecule has 0 spiro atoms. The molecule has 0 aliphatic rings. The Morgan fingerprint density at radius 2 is 0.984 bits per heavy atom. The number of nitrogens with zero attached hydrogens (tertiary/aromatic N) is 1. The maximum atomic E-state index is 11.8. The Hall–Kier alpha value is -2.30. The van der Waals surface area contributed by atoms with Gasteiger partial charge in [0.15, 0.2) is 0 Å². The fraction of sp³-hybridized carbons (Fsp3) is 0.885. The van der Waals surface area contributed by atoms with Crippen molar-refractivity contribution in [2.24, 2.45) is 5.92 Å². The minimum Gasteiger partial charge on any atom is -0.483 e. The van der Waals surface area contributed by atoms with E-state index in [0.717, 1.165) is 57.7 Å². The number of hydrogen-bond donors (Lipinski definition) is 3. The van der Waals surface area contributed by atoms with Crippen LogP contribution < -0.4 is 21.5 Å².